The monoisotopic (exact) mass is 219 g/mol. The highest BCUT2D eigenvalue weighted by Crippen LogP contribution is 2.23. The predicted molar refractivity (Wildman–Crippen MR) is 60.5 cm³/mol. The van der Waals surface area contributed by atoms with Gasteiger partial charge in [0.25, 0.3) is 0 Å². The van der Waals surface area contributed by atoms with Gasteiger partial charge in [-0.05, 0) is 24.9 Å². The Morgan fingerprint density at radius 3 is 3.12 bits per heavy atom. The third-order valence-corrected chi connectivity index (χ3v) is 3.38. The van der Waals surface area contributed by atoms with Gasteiger partial charge in [-0.1, -0.05) is 0 Å². The number of hydrogen-bond donors (Lipinski definition) is 1. The van der Waals surface area contributed by atoms with E-state index in [1.54, 1.807) is 0 Å². The molecule has 3 rings (SSSR count). The summed E-state index contributed by atoms with van der Waals surface area (Å²) in [6, 6.07) is 0. The minimum absolute atomic E-state index is 0.418. The molecule has 0 radical (unpaired) electrons. The van der Waals surface area contributed by atoms with Crippen molar-refractivity contribution < 1.29 is 4.74 Å². The first kappa shape index (κ1) is 10.2. The van der Waals surface area contributed by atoms with Gasteiger partial charge in [0.15, 0.2) is 0 Å². The number of nitrogens with one attached hydrogen (secondary N) is 1. The molecular weight excluding hydrogens is 202 g/mol. The summed E-state index contributed by atoms with van der Waals surface area (Å²) in [6.45, 7) is 3.72. The van der Waals surface area contributed by atoms with E-state index in [1.807, 2.05) is 6.20 Å². The van der Waals surface area contributed by atoms with Gasteiger partial charge in [-0.2, -0.15) is 0 Å². The van der Waals surface area contributed by atoms with Crippen molar-refractivity contribution in [2.24, 2.45) is 0 Å². The van der Waals surface area contributed by atoms with Gasteiger partial charge >= 0.3 is 0 Å². The predicted octanol–water partition coefficient (Wildman–Crippen LogP) is 0.669. The van der Waals surface area contributed by atoms with E-state index in [0.29, 0.717) is 5.92 Å². The van der Waals surface area contributed by atoms with Crippen LogP contribution in [0.2, 0.25) is 0 Å². The zero-order valence-corrected chi connectivity index (χ0v) is 9.41. The van der Waals surface area contributed by atoms with Crippen LogP contribution in [0.25, 0.3) is 0 Å². The standard InChI is InChI=1S/C12H17N3O/c1-4-13-5-2-11-9(1)7-14-12(15-11)10-3-6-16-8-10/h7,10,13H,1-6,8H2. The molecule has 1 atom stereocenters. The highest BCUT2D eigenvalue weighted by atomic mass is 16.5. The molecule has 1 aromatic rings. The lowest BCUT2D eigenvalue weighted by atomic mass is 10.1. The van der Waals surface area contributed by atoms with Gasteiger partial charge in [0.2, 0.25) is 0 Å². The molecule has 0 amide bonds. The fourth-order valence-corrected chi connectivity index (χ4v) is 2.37. The van der Waals surface area contributed by atoms with Gasteiger partial charge in [0.05, 0.1) is 6.61 Å². The number of fused-ring (bicyclic) bond motifs is 1. The first-order valence-electron chi connectivity index (χ1n) is 6.06. The van der Waals surface area contributed by atoms with Crippen LogP contribution >= 0.6 is 0 Å². The summed E-state index contributed by atoms with van der Waals surface area (Å²) in [6.07, 6.45) is 5.16. The van der Waals surface area contributed by atoms with Crippen molar-refractivity contribution >= 4 is 0 Å². The van der Waals surface area contributed by atoms with Gasteiger partial charge < -0.3 is 10.1 Å². The summed E-state index contributed by atoms with van der Waals surface area (Å²) < 4.78 is 5.39. The molecule has 1 fully saturated rings. The van der Waals surface area contributed by atoms with Crippen molar-refractivity contribution in [1.29, 1.82) is 0 Å². The summed E-state index contributed by atoms with van der Waals surface area (Å²) in [5.41, 5.74) is 2.55. The van der Waals surface area contributed by atoms with Gasteiger partial charge in [0, 0.05) is 37.4 Å². The smallest absolute Gasteiger partial charge is 0.134 e. The quantitative estimate of drug-likeness (QED) is 0.754. The van der Waals surface area contributed by atoms with E-state index in [2.05, 4.69) is 10.3 Å². The topological polar surface area (TPSA) is 47.0 Å². The molecule has 0 spiro atoms. The Morgan fingerprint density at radius 2 is 2.25 bits per heavy atom. The van der Waals surface area contributed by atoms with Gasteiger partial charge in [-0.15, -0.1) is 0 Å². The van der Waals surface area contributed by atoms with E-state index in [1.165, 1.54) is 11.3 Å². The lowest BCUT2D eigenvalue weighted by molar-refractivity contribution is 0.193. The largest absolute Gasteiger partial charge is 0.381 e. The molecule has 1 N–H and O–H groups in total. The molecule has 1 unspecified atom stereocenters. The van der Waals surface area contributed by atoms with Crippen LogP contribution in [0.15, 0.2) is 6.20 Å². The van der Waals surface area contributed by atoms with Crippen LogP contribution in [0.1, 0.15) is 29.4 Å². The molecular formula is C12H17N3O. The molecule has 4 heteroatoms. The van der Waals surface area contributed by atoms with Crippen LogP contribution in [0.5, 0.6) is 0 Å². The first-order chi connectivity index (χ1) is 7.93. The van der Waals surface area contributed by atoms with E-state index >= 15 is 0 Å². The number of rotatable bonds is 1. The molecule has 0 saturated carbocycles. The SMILES string of the molecule is c1nc(C2CCOC2)nc2c1CCNCC2. The summed E-state index contributed by atoms with van der Waals surface area (Å²) in [7, 11) is 0. The van der Waals surface area contributed by atoms with Crippen LogP contribution < -0.4 is 5.32 Å². The zero-order valence-electron chi connectivity index (χ0n) is 9.41. The molecule has 2 aliphatic heterocycles. The normalized spacial score (nSPS) is 25.1. The molecule has 1 aromatic heterocycles. The van der Waals surface area contributed by atoms with Crippen molar-refractivity contribution in [3.8, 4) is 0 Å². The van der Waals surface area contributed by atoms with Crippen molar-refractivity contribution in [3.05, 3.63) is 23.3 Å². The summed E-state index contributed by atoms with van der Waals surface area (Å²) in [4.78, 5) is 9.22. The number of nitrogens with zero attached hydrogens (tertiary/aromatic N) is 2. The van der Waals surface area contributed by atoms with Crippen LogP contribution in [0.4, 0.5) is 0 Å². The van der Waals surface area contributed by atoms with Crippen LogP contribution in [0.3, 0.4) is 0 Å². The van der Waals surface area contributed by atoms with Gasteiger partial charge in [-0.3, -0.25) is 0 Å². The Bertz CT molecular complexity index is 375. The maximum absolute atomic E-state index is 5.39. The Kier molecular flexibility index (Phi) is 2.84. The summed E-state index contributed by atoms with van der Waals surface area (Å²) in [5, 5.41) is 3.39. The third-order valence-electron chi connectivity index (χ3n) is 3.38. The van der Waals surface area contributed by atoms with Crippen LogP contribution in [-0.2, 0) is 17.6 Å². The van der Waals surface area contributed by atoms with Crippen molar-refractivity contribution in [2.45, 2.75) is 25.2 Å². The maximum Gasteiger partial charge on any atom is 0.134 e. The lowest BCUT2D eigenvalue weighted by Gasteiger charge is -2.09. The lowest BCUT2D eigenvalue weighted by Crippen LogP contribution is -2.16. The van der Waals surface area contributed by atoms with E-state index < -0.39 is 0 Å². The Balaban J connectivity index is 1.88. The minimum Gasteiger partial charge on any atom is -0.381 e. The molecule has 0 bridgehead atoms. The molecule has 16 heavy (non-hydrogen) atoms. The molecule has 3 heterocycles. The minimum atomic E-state index is 0.418. The first-order valence-corrected chi connectivity index (χ1v) is 6.06. The molecule has 0 aliphatic carbocycles. The summed E-state index contributed by atoms with van der Waals surface area (Å²) >= 11 is 0. The molecule has 0 aromatic carbocycles. The second kappa shape index (κ2) is 4.47. The fourth-order valence-electron chi connectivity index (χ4n) is 2.37. The van der Waals surface area contributed by atoms with Crippen molar-refractivity contribution in [1.82, 2.24) is 15.3 Å². The second-order valence-corrected chi connectivity index (χ2v) is 4.51. The van der Waals surface area contributed by atoms with Crippen LogP contribution in [0, 0.1) is 0 Å². The number of aromatic nitrogens is 2. The zero-order chi connectivity index (χ0) is 10.8. The van der Waals surface area contributed by atoms with Crippen molar-refractivity contribution in [3.63, 3.8) is 0 Å². The Labute approximate surface area is 95.4 Å². The average molecular weight is 219 g/mol. The van der Waals surface area contributed by atoms with Crippen LogP contribution in [-0.4, -0.2) is 36.3 Å². The molecule has 1 saturated heterocycles. The van der Waals surface area contributed by atoms with E-state index in [9.17, 15) is 0 Å². The number of hydrogen-bond acceptors (Lipinski definition) is 4. The highest BCUT2D eigenvalue weighted by molar-refractivity contribution is 5.21. The maximum atomic E-state index is 5.39. The Morgan fingerprint density at radius 1 is 1.31 bits per heavy atom. The molecule has 86 valence electrons. The van der Waals surface area contributed by atoms with E-state index in [0.717, 1.165) is 51.4 Å². The molecule has 2 aliphatic rings. The van der Waals surface area contributed by atoms with Gasteiger partial charge in [-0.25, -0.2) is 9.97 Å². The fraction of sp³-hybridized carbons (Fsp3) is 0.667. The van der Waals surface area contributed by atoms with Gasteiger partial charge in [0.1, 0.15) is 5.82 Å². The third kappa shape index (κ3) is 1.95. The highest BCUT2D eigenvalue weighted by Gasteiger charge is 2.21. The average Bonchev–Trinajstić information content (AvgIpc) is 2.74. The number of ether oxygens (including phenoxy) is 1. The van der Waals surface area contributed by atoms with Crippen molar-refractivity contribution in [2.75, 3.05) is 26.3 Å². The summed E-state index contributed by atoms with van der Waals surface area (Å²) in [5.74, 6) is 1.40. The molecule has 4 nitrogen and oxygen atoms in total. The Hall–Kier alpha value is -1.00. The second-order valence-electron chi connectivity index (χ2n) is 4.51. The van der Waals surface area contributed by atoms with E-state index in [4.69, 9.17) is 9.72 Å². The van der Waals surface area contributed by atoms with E-state index in [-0.39, 0.29) is 0 Å².